The van der Waals surface area contributed by atoms with Crippen LogP contribution in [-0.2, 0) is 14.3 Å². The zero-order valence-electron chi connectivity index (χ0n) is 18.1. The van der Waals surface area contributed by atoms with Crippen molar-refractivity contribution in [2.24, 2.45) is 0 Å². The molecule has 7 heteroatoms. The maximum Gasteiger partial charge on any atom is 0.407 e. The Morgan fingerprint density at radius 1 is 1.09 bits per heavy atom. The Morgan fingerprint density at radius 3 is 2.25 bits per heavy atom. The zero-order valence-corrected chi connectivity index (χ0v) is 18.1. The smallest absolute Gasteiger partial charge is 0.407 e. The number of likely N-dealkylation sites (tertiary alicyclic amines) is 1. The van der Waals surface area contributed by atoms with Gasteiger partial charge < -0.3 is 20.1 Å². The summed E-state index contributed by atoms with van der Waals surface area (Å²) >= 11 is 0. The molecule has 0 radical (unpaired) electrons. The number of carbonyl (C=O) groups excluding carboxylic acids is 2. The minimum Gasteiger partial charge on any atom is -0.481 e. The third-order valence-electron chi connectivity index (χ3n) is 6.36. The van der Waals surface area contributed by atoms with E-state index in [4.69, 9.17) is 4.74 Å². The van der Waals surface area contributed by atoms with Crippen molar-refractivity contribution in [2.45, 2.75) is 50.6 Å². The second-order valence-electron chi connectivity index (χ2n) is 8.38. The Hall–Kier alpha value is -3.35. The van der Waals surface area contributed by atoms with Gasteiger partial charge in [-0.3, -0.25) is 9.59 Å². The molecule has 1 heterocycles. The fourth-order valence-corrected chi connectivity index (χ4v) is 4.72. The van der Waals surface area contributed by atoms with E-state index in [1.807, 2.05) is 43.3 Å². The number of rotatable bonds is 8. The number of carboxylic acid groups (broad SMARTS) is 1. The van der Waals surface area contributed by atoms with Crippen molar-refractivity contribution in [3.63, 3.8) is 0 Å². The maximum absolute atomic E-state index is 12.9. The van der Waals surface area contributed by atoms with Gasteiger partial charge in [0, 0.05) is 18.5 Å². The molecule has 0 bridgehead atoms. The highest BCUT2D eigenvalue weighted by atomic mass is 16.5. The van der Waals surface area contributed by atoms with Gasteiger partial charge in [-0.25, -0.2) is 4.79 Å². The van der Waals surface area contributed by atoms with Gasteiger partial charge >= 0.3 is 12.1 Å². The molecule has 0 saturated carbocycles. The lowest BCUT2D eigenvalue weighted by atomic mass is 9.96. The number of nitrogens with zero attached hydrogens (tertiary/aromatic N) is 1. The van der Waals surface area contributed by atoms with Crippen molar-refractivity contribution in [3.05, 3.63) is 59.7 Å². The monoisotopic (exact) mass is 436 g/mol. The largest absolute Gasteiger partial charge is 0.481 e. The fraction of sp³-hybridized carbons (Fsp3) is 0.400. The van der Waals surface area contributed by atoms with Gasteiger partial charge in [-0.1, -0.05) is 61.9 Å². The van der Waals surface area contributed by atoms with Crippen LogP contribution in [0.2, 0.25) is 0 Å². The maximum atomic E-state index is 12.9. The first-order valence-electron chi connectivity index (χ1n) is 11.1. The highest BCUT2D eigenvalue weighted by Gasteiger charge is 2.37. The molecule has 2 aromatic rings. The number of carbonyl (C=O) groups is 3. The van der Waals surface area contributed by atoms with Crippen molar-refractivity contribution in [2.75, 3.05) is 13.2 Å². The summed E-state index contributed by atoms with van der Waals surface area (Å²) < 4.78 is 5.49. The molecule has 168 valence electrons. The van der Waals surface area contributed by atoms with Crippen LogP contribution < -0.4 is 5.32 Å². The molecular weight excluding hydrogens is 408 g/mol. The molecule has 2 atom stereocenters. The van der Waals surface area contributed by atoms with Crippen molar-refractivity contribution >= 4 is 18.0 Å². The topological polar surface area (TPSA) is 95.9 Å². The molecule has 4 rings (SSSR count). The summed E-state index contributed by atoms with van der Waals surface area (Å²) in [5, 5.41) is 11.7. The molecule has 2 aromatic carbocycles. The van der Waals surface area contributed by atoms with Crippen molar-refractivity contribution in [1.29, 1.82) is 0 Å². The third kappa shape index (κ3) is 4.33. The number of aliphatic carboxylic acids is 1. The van der Waals surface area contributed by atoms with Gasteiger partial charge in [0.2, 0.25) is 5.91 Å². The lowest BCUT2D eigenvalue weighted by Crippen LogP contribution is -2.58. The first-order chi connectivity index (χ1) is 15.5. The summed E-state index contributed by atoms with van der Waals surface area (Å²) in [4.78, 5) is 38.4. The van der Waals surface area contributed by atoms with Gasteiger partial charge in [-0.15, -0.1) is 0 Å². The second kappa shape index (κ2) is 9.42. The molecule has 1 aliphatic heterocycles. The quantitative estimate of drug-likeness (QED) is 0.657. The number of ether oxygens (including phenoxy) is 1. The number of carboxylic acids is 1. The number of benzene rings is 2. The van der Waals surface area contributed by atoms with Gasteiger partial charge in [-0.2, -0.15) is 0 Å². The van der Waals surface area contributed by atoms with Gasteiger partial charge in [0.1, 0.15) is 12.6 Å². The van der Waals surface area contributed by atoms with Gasteiger partial charge in [0.05, 0.1) is 6.42 Å². The molecule has 0 aromatic heterocycles. The van der Waals surface area contributed by atoms with Crippen LogP contribution in [0.1, 0.15) is 49.7 Å². The van der Waals surface area contributed by atoms with Gasteiger partial charge in [-0.05, 0) is 35.1 Å². The van der Waals surface area contributed by atoms with Crippen LogP contribution in [0, 0.1) is 0 Å². The van der Waals surface area contributed by atoms with Crippen molar-refractivity contribution in [3.8, 4) is 11.1 Å². The summed E-state index contributed by atoms with van der Waals surface area (Å²) in [6, 6.07) is 15.0. The van der Waals surface area contributed by atoms with Crippen LogP contribution in [0.15, 0.2) is 48.5 Å². The molecular formula is C25H28N2O5. The van der Waals surface area contributed by atoms with E-state index >= 15 is 0 Å². The van der Waals surface area contributed by atoms with Gasteiger partial charge in [0.15, 0.2) is 0 Å². The fourth-order valence-electron chi connectivity index (χ4n) is 4.72. The van der Waals surface area contributed by atoms with Crippen LogP contribution in [-0.4, -0.2) is 53.2 Å². The van der Waals surface area contributed by atoms with E-state index in [0.717, 1.165) is 41.5 Å². The zero-order chi connectivity index (χ0) is 22.7. The molecule has 1 aliphatic carbocycles. The summed E-state index contributed by atoms with van der Waals surface area (Å²) in [6.07, 6.45) is 1.47. The third-order valence-corrected chi connectivity index (χ3v) is 6.36. The summed E-state index contributed by atoms with van der Waals surface area (Å²) in [6.45, 7) is 2.74. The average Bonchev–Trinajstić information content (AvgIpc) is 3.08. The van der Waals surface area contributed by atoms with E-state index in [1.54, 1.807) is 4.90 Å². The number of alkyl carbamates (subject to hydrolysis) is 1. The van der Waals surface area contributed by atoms with Crippen LogP contribution in [0.4, 0.5) is 4.79 Å². The Morgan fingerprint density at radius 2 is 1.72 bits per heavy atom. The van der Waals surface area contributed by atoms with E-state index < -0.39 is 24.5 Å². The van der Waals surface area contributed by atoms with Crippen LogP contribution in [0.3, 0.4) is 0 Å². The Kier molecular flexibility index (Phi) is 6.44. The van der Waals surface area contributed by atoms with Crippen LogP contribution in [0.25, 0.3) is 11.1 Å². The predicted molar refractivity (Wildman–Crippen MR) is 119 cm³/mol. The summed E-state index contributed by atoms with van der Waals surface area (Å²) in [5.41, 5.74) is 4.41. The molecule has 7 nitrogen and oxygen atoms in total. The number of fused-ring (bicyclic) bond motifs is 3. The number of hydrogen-bond donors (Lipinski definition) is 2. The second-order valence-corrected chi connectivity index (χ2v) is 8.38. The number of nitrogens with one attached hydrogen (secondary N) is 1. The number of hydrogen-bond acceptors (Lipinski definition) is 4. The molecule has 2 N–H and O–H groups in total. The summed E-state index contributed by atoms with van der Waals surface area (Å²) in [5.74, 6) is -1.61. The highest BCUT2D eigenvalue weighted by molar-refractivity contribution is 5.90. The van der Waals surface area contributed by atoms with E-state index in [0.29, 0.717) is 6.54 Å². The lowest BCUT2D eigenvalue weighted by Gasteiger charge is -2.42. The van der Waals surface area contributed by atoms with Crippen LogP contribution >= 0.6 is 0 Å². The lowest BCUT2D eigenvalue weighted by molar-refractivity contribution is -0.146. The van der Waals surface area contributed by atoms with E-state index in [-0.39, 0.29) is 24.5 Å². The van der Waals surface area contributed by atoms with Crippen molar-refractivity contribution in [1.82, 2.24) is 10.2 Å². The predicted octanol–water partition coefficient (Wildman–Crippen LogP) is 3.77. The molecule has 2 aliphatic rings. The molecule has 32 heavy (non-hydrogen) atoms. The van der Waals surface area contributed by atoms with Crippen molar-refractivity contribution < 1.29 is 24.2 Å². The molecule has 2 amide bonds. The van der Waals surface area contributed by atoms with Crippen LogP contribution in [0.5, 0.6) is 0 Å². The van der Waals surface area contributed by atoms with E-state index in [1.165, 1.54) is 0 Å². The Bertz CT molecular complexity index is 975. The molecule has 0 spiro atoms. The molecule has 1 saturated heterocycles. The van der Waals surface area contributed by atoms with E-state index in [9.17, 15) is 19.5 Å². The van der Waals surface area contributed by atoms with E-state index in [2.05, 4.69) is 17.4 Å². The normalized spacial score (nSPS) is 17.7. The summed E-state index contributed by atoms with van der Waals surface area (Å²) in [7, 11) is 0. The minimum atomic E-state index is -1.14. The number of amides is 2. The standard InChI is InChI=1S/C25H28N2O5/c1-2-7-16-12-13-27(16)24(30)22(14-23(28)29)26-25(31)32-15-21-19-10-5-3-8-17(19)18-9-4-6-11-20(18)21/h3-6,8-11,16,21-22H,2,7,12-15H2,1H3,(H,26,31)(H,28,29). The minimum absolute atomic E-state index is 0.105. The Balaban J connectivity index is 1.42. The van der Waals surface area contributed by atoms with Gasteiger partial charge in [0.25, 0.3) is 0 Å². The first kappa shape index (κ1) is 21.9. The average molecular weight is 437 g/mol. The SMILES string of the molecule is CCCC1CCN1C(=O)C(CC(=O)O)NC(=O)OCC1c2ccccc2-c2ccccc21. The first-order valence-corrected chi connectivity index (χ1v) is 11.1. The molecule has 2 unspecified atom stereocenters. The molecule has 1 fully saturated rings. The Labute approximate surface area is 187 Å². The highest BCUT2D eigenvalue weighted by Crippen LogP contribution is 2.44.